The van der Waals surface area contributed by atoms with Gasteiger partial charge in [-0.3, -0.25) is 4.79 Å². The molecule has 0 aliphatic heterocycles. The van der Waals surface area contributed by atoms with E-state index in [4.69, 9.17) is 32.5 Å². The van der Waals surface area contributed by atoms with E-state index in [1.54, 1.807) is 43.5 Å². The summed E-state index contributed by atoms with van der Waals surface area (Å²) in [5, 5.41) is 7.58. The van der Waals surface area contributed by atoms with Gasteiger partial charge in [0.1, 0.15) is 5.75 Å². The second-order valence-electron chi connectivity index (χ2n) is 5.46. The summed E-state index contributed by atoms with van der Waals surface area (Å²) in [6.07, 6.45) is 2.97. The number of amides is 1. The molecule has 0 bridgehead atoms. The Morgan fingerprint density at radius 1 is 1.22 bits per heavy atom. The Hall–Kier alpha value is -2.83. The lowest BCUT2D eigenvalue weighted by molar-refractivity contribution is -0.116. The van der Waals surface area contributed by atoms with E-state index in [1.165, 1.54) is 6.08 Å². The SMILES string of the molecule is COc1ccc(-c2noc(CNC(=O)/C=C/c3ccc(Cl)cc3Cl)n2)cc1. The van der Waals surface area contributed by atoms with Gasteiger partial charge in [-0.1, -0.05) is 34.4 Å². The molecule has 2 aromatic carbocycles. The zero-order valence-corrected chi connectivity index (χ0v) is 15.8. The minimum Gasteiger partial charge on any atom is -0.497 e. The Labute approximate surface area is 165 Å². The molecule has 1 aromatic heterocycles. The molecule has 1 heterocycles. The third kappa shape index (κ3) is 5.09. The lowest BCUT2D eigenvalue weighted by atomic mass is 10.2. The first-order valence-corrected chi connectivity index (χ1v) is 8.69. The Morgan fingerprint density at radius 2 is 2.00 bits per heavy atom. The predicted molar refractivity (Wildman–Crippen MR) is 104 cm³/mol. The summed E-state index contributed by atoms with van der Waals surface area (Å²) in [5.74, 6) is 1.16. The lowest BCUT2D eigenvalue weighted by Gasteiger charge is -2.00. The number of ether oxygens (including phenoxy) is 1. The van der Waals surface area contributed by atoms with Crippen molar-refractivity contribution in [1.29, 1.82) is 0 Å². The first-order chi connectivity index (χ1) is 13.0. The molecule has 138 valence electrons. The fraction of sp³-hybridized carbons (Fsp3) is 0.105. The molecule has 0 aliphatic rings. The Morgan fingerprint density at radius 3 is 2.70 bits per heavy atom. The van der Waals surface area contributed by atoms with E-state index in [9.17, 15) is 4.79 Å². The summed E-state index contributed by atoms with van der Waals surface area (Å²) < 4.78 is 10.3. The lowest BCUT2D eigenvalue weighted by Crippen LogP contribution is -2.20. The molecule has 0 aliphatic carbocycles. The van der Waals surface area contributed by atoms with Crippen molar-refractivity contribution in [3.63, 3.8) is 0 Å². The van der Waals surface area contributed by atoms with Gasteiger partial charge in [0.25, 0.3) is 0 Å². The highest BCUT2D eigenvalue weighted by Gasteiger charge is 2.09. The fourth-order valence-corrected chi connectivity index (χ4v) is 2.68. The minimum absolute atomic E-state index is 0.112. The molecule has 0 saturated heterocycles. The van der Waals surface area contributed by atoms with Crippen molar-refractivity contribution in [2.75, 3.05) is 7.11 Å². The van der Waals surface area contributed by atoms with Crippen molar-refractivity contribution in [3.8, 4) is 17.1 Å². The van der Waals surface area contributed by atoms with Gasteiger partial charge in [-0.15, -0.1) is 0 Å². The average Bonchev–Trinajstić information content (AvgIpc) is 3.15. The number of benzene rings is 2. The third-order valence-electron chi connectivity index (χ3n) is 3.61. The highest BCUT2D eigenvalue weighted by molar-refractivity contribution is 6.35. The van der Waals surface area contributed by atoms with Crippen molar-refractivity contribution in [2.24, 2.45) is 0 Å². The van der Waals surface area contributed by atoms with Gasteiger partial charge in [-0.2, -0.15) is 4.98 Å². The monoisotopic (exact) mass is 403 g/mol. The van der Waals surface area contributed by atoms with Gasteiger partial charge in [-0.25, -0.2) is 0 Å². The number of carbonyl (C=O) groups excluding carboxylic acids is 1. The van der Waals surface area contributed by atoms with Gasteiger partial charge >= 0.3 is 0 Å². The van der Waals surface area contributed by atoms with Gasteiger partial charge in [0.05, 0.1) is 13.7 Å². The maximum Gasteiger partial charge on any atom is 0.246 e. The molecule has 3 rings (SSSR count). The first kappa shape index (κ1) is 18.9. The summed E-state index contributed by atoms with van der Waals surface area (Å²) in [6.45, 7) is 0.112. The number of carbonyl (C=O) groups is 1. The molecule has 0 saturated carbocycles. The molecular formula is C19H15Cl2N3O3. The van der Waals surface area contributed by atoms with Crippen LogP contribution in [0.25, 0.3) is 17.5 Å². The molecule has 0 radical (unpaired) electrons. The topological polar surface area (TPSA) is 77.3 Å². The quantitative estimate of drug-likeness (QED) is 0.617. The number of hydrogen-bond acceptors (Lipinski definition) is 5. The summed E-state index contributed by atoms with van der Waals surface area (Å²) >= 11 is 11.9. The van der Waals surface area contributed by atoms with Crippen LogP contribution in [0, 0.1) is 0 Å². The Kier molecular flexibility index (Phi) is 6.11. The highest BCUT2D eigenvalue weighted by atomic mass is 35.5. The fourth-order valence-electron chi connectivity index (χ4n) is 2.21. The van der Waals surface area contributed by atoms with Crippen LogP contribution in [0.5, 0.6) is 5.75 Å². The van der Waals surface area contributed by atoms with Crippen LogP contribution in [-0.2, 0) is 11.3 Å². The molecule has 0 fully saturated rings. The molecule has 0 unspecified atom stereocenters. The minimum atomic E-state index is -0.315. The predicted octanol–water partition coefficient (Wildman–Crippen LogP) is 4.38. The van der Waals surface area contributed by atoms with Crippen LogP contribution < -0.4 is 10.1 Å². The van der Waals surface area contributed by atoms with E-state index in [2.05, 4.69) is 15.5 Å². The number of halogens is 2. The number of nitrogens with zero attached hydrogens (tertiary/aromatic N) is 2. The van der Waals surface area contributed by atoms with Gasteiger partial charge in [0, 0.05) is 21.7 Å². The molecule has 8 heteroatoms. The average molecular weight is 404 g/mol. The first-order valence-electron chi connectivity index (χ1n) is 7.93. The Balaban J connectivity index is 1.57. The van der Waals surface area contributed by atoms with Crippen LogP contribution in [0.1, 0.15) is 11.5 Å². The molecule has 0 atom stereocenters. The van der Waals surface area contributed by atoms with Crippen LogP contribution in [0.4, 0.5) is 0 Å². The standard InChI is InChI=1S/C19H15Cl2N3O3/c1-26-15-7-3-13(4-8-15)19-23-18(27-24-19)11-22-17(25)9-5-12-2-6-14(20)10-16(12)21/h2-10H,11H2,1H3,(H,22,25)/b9-5+. The number of rotatable bonds is 6. The van der Waals surface area contributed by atoms with Crippen LogP contribution in [0.15, 0.2) is 53.1 Å². The molecule has 6 nitrogen and oxygen atoms in total. The van der Waals surface area contributed by atoms with Gasteiger partial charge in [0.15, 0.2) is 0 Å². The van der Waals surface area contributed by atoms with Crippen molar-refractivity contribution in [2.45, 2.75) is 6.54 Å². The Bertz CT molecular complexity index is 969. The zero-order chi connectivity index (χ0) is 19.2. The van der Waals surface area contributed by atoms with E-state index in [0.29, 0.717) is 27.3 Å². The van der Waals surface area contributed by atoms with Gasteiger partial charge in [0.2, 0.25) is 17.6 Å². The highest BCUT2D eigenvalue weighted by Crippen LogP contribution is 2.22. The maximum atomic E-state index is 11.9. The van der Waals surface area contributed by atoms with Crippen LogP contribution in [0.3, 0.4) is 0 Å². The van der Waals surface area contributed by atoms with Crippen molar-refractivity contribution >= 4 is 35.2 Å². The van der Waals surface area contributed by atoms with Gasteiger partial charge < -0.3 is 14.6 Å². The second-order valence-corrected chi connectivity index (χ2v) is 6.30. The number of methoxy groups -OCH3 is 1. The number of nitrogens with one attached hydrogen (secondary N) is 1. The van der Waals surface area contributed by atoms with Crippen molar-refractivity contribution in [3.05, 3.63) is 70.0 Å². The summed E-state index contributed by atoms with van der Waals surface area (Å²) in [6, 6.07) is 12.3. The molecular weight excluding hydrogens is 389 g/mol. The van der Waals surface area contributed by atoms with Crippen LogP contribution in [0.2, 0.25) is 10.0 Å². The molecule has 27 heavy (non-hydrogen) atoms. The van der Waals surface area contributed by atoms with Crippen LogP contribution in [-0.4, -0.2) is 23.2 Å². The van der Waals surface area contributed by atoms with Crippen LogP contribution >= 0.6 is 23.2 Å². The number of hydrogen-bond donors (Lipinski definition) is 1. The van der Waals surface area contributed by atoms with Gasteiger partial charge in [-0.05, 0) is 48.0 Å². The maximum absolute atomic E-state index is 11.9. The molecule has 1 amide bonds. The smallest absolute Gasteiger partial charge is 0.246 e. The third-order valence-corrected chi connectivity index (χ3v) is 4.17. The zero-order valence-electron chi connectivity index (χ0n) is 14.3. The normalized spacial score (nSPS) is 10.9. The largest absolute Gasteiger partial charge is 0.497 e. The summed E-state index contributed by atoms with van der Waals surface area (Å²) in [5.41, 5.74) is 1.48. The van der Waals surface area contributed by atoms with Crippen molar-refractivity contribution < 1.29 is 14.1 Å². The second kappa shape index (κ2) is 8.70. The van der Waals surface area contributed by atoms with Crippen molar-refractivity contribution in [1.82, 2.24) is 15.5 Å². The summed E-state index contributed by atoms with van der Waals surface area (Å²) in [4.78, 5) is 16.2. The molecule has 1 N–H and O–H groups in total. The van der Waals surface area contributed by atoms with E-state index in [-0.39, 0.29) is 12.5 Å². The van der Waals surface area contributed by atoms with E-state index in [1.807, 2.05) is 12.1 Å². The number of aromatic nitrogens is 2. The molecule has 0 spiro atoms. The van der Waals surface area contributed by atoms with E-state index < -0.39 is 0 Å². The molecule has 3 aromatic rings. The van der Waals surface area contributed by atoms with E-state index >= 15 is 0 Å². The van der Waals surface area contributed by atoms with E-state index in [0.717, 1.165) is 11.3 Å². The summed E-state index contributed by atoms with van der Waals surface area (Å²) in [7, 11) is 1.60.